The number of ether oxygens (including phenoxy) is 4. The Hall–Kier alpha value is -2.05. The number of hydrogen-bond acceptors (Lipinski definition) is 13. The molecule has 0 aromatic carbocycles. The second-order valence-electron chi connectivity index (χ2n) is 18.6. The van der Waals surface area contributed by atoms with Crippen LogP contribution in [0, 0.1) is 0 Å². The molecule has 9 N–H and O–H groups in total. The van der Waals surface area contributed by atoms with E-state index in [4.69, 9.17) is 18.9 Å². The Bertz CT molecular complexity index is 1310. The third-order valence-corrected chi connectivity index (χ3v) is 12.7. The summed E-state index contributed by atoms with van der Waals surface area (Å²) in [6.45, 7) is 2.73. The highest BCUT2D eigenvalue weighted by molar-refractivity contribution is 5.76. The molecular weight excluding hydrogens is 859 g/mol. The molecule has 12 unspecified atom stereocenters. The summed E-state index contributed by atoms with van der Waals surface area (Å²) in [5.74, 6) is -0.257. The van der Waals surface area contributed by atoms with Gasteiger partial charge in [-0.05, 0) is 64.2 Å². The SMILES string of the molecule is CCCCCCC/C=C\C/C=C\CCCCCCCCCCCC(=O)NC(COC1OC(CO)C(OC2OC(CO)C(O)C(O)C2O)C(O)C1O)C(O)/C=C/CC/C=C/CCCCCCCC. The number of aliphatic hydroxyl groups is 8. The standard InChI is InChI=1S/C53H95NO13/c1-3-5-7-9-11-13-15-17-18-19-20-21-22-23-24-25-27-29-31-33-35-37-45(58)54-41(42(57)36-34-32-30-28-26-16-14-12-10-8-6-4-2)40-64-52-50(63)48(61)51(44(39-56)66-52)67-53-49(62)47(60)46(59)43(38-55)65-53/h15,17,19-20,26,28,34,36,41-44,46-53,55-57,59-63H,3-14,16,18,21-25,27,29-33,35,37-40H2,1-2H3,(H,54,58)/b17-15-,20-19-,28-26+,36-34+. The highest BCUT2D eigenvalue weighted by Gasteiger charge is 2.51. The van der Waals surface area contributed by atoms with Gasteiger partial charge in [0.05, 0.1) is 32.0 Å². The highest BCUT2D eigenvalue weighted by Crippen LogP contribution is 2.30. The number of hydrogen-bond donors (Lipinski definition) is 9. The zero-order valence-electron chi connectivity index (χ0n) is 41.4. The van der Waals surface area contributed by atoms with Gasteiger partial charge in [0, 0.05) is 6.42 Å². The fourth-order valence-electron chi connectivity index (χ4n) is 8.39. The first-order chi connectivity index (χ1) is 32.6. The molecule has 2 rings (SSSR count). The Morgan fingerprint density at radius 2 is 1.00 bits per heavy atom. The number of carbonyl (C=O) groups is 1. The molecule has 2 heterocycles. The van der Waals surface area contributed by atoms with Gasteiger partial charge in [-0.1, -0.05) is 165 Å². The van der Waals surface area contributed by atoms with Crippen LogP contribution in [0.4, 0.5) is 0 Å². The van der Waals surface area contributed by atoms with Crippen molar-refractivity contribution in [2.75, 3.05) is 19.8 Å². The molecule has 12 atom stereocenters. The summed E-state index contributed by atoms with van der Waals surface area (Å²) in [5.41, 5.74) is 0. The van der Waals surface area contributed by atoms with E-state index in [2.05, 4.69) is 55.6 Å². The van der Waals surface area contributed by atoms with Crippen LogP contribution >= 0.6 is 0 Å². The number of unbranched alkanes of at least 4 members (excludes halogenated alkanes) is 21. The van der Waals surface area contributed by atoms with Gasteiger partial charge < -0.3 is 65.1 Å². The van der Waals surface area contributed by atoms with Crippen molar-refractivity contribution in [3.63, 3.8) is 0 Å². The average molecular weight is 954 g/mol. The van der Waals surface area contributed by atoms with Crippen LogP contribution in [0.2, 0.25) is 0 Å². The van der Waals surface area contributed by atoms with E-state index in [0.717, 1.165) is 44.9 Å². The van der Waals surface area contributed by atoms with E-state index in [9.17, 15) is 45.6 Å². The van der Waals surface area contributed by atoms with Crippen LogP contribution < -0.4 is 5.32 Å². The summed E-state index contributed by atoms with van der Waals surface area (Å²) in [6.07, 6.45) is 30.1. The number of carbonyl (C=O) groups excluding carboxylic acids is 1. The van der Waals surface area contributed by atoms with E-state index in [1.165, 1.54) is 109 Å². The van der Waals surface area contributed by atoms with E-state index < -0.39 is 86.8 Å². The molecule has 14 nitrogen and oxygen atoms in total. The predicted octanol–water partition coefficient (Wildman–Crippen LogP) is 7.27. The summed E-state index contributed by atoms with van der Waals surface area (Å²) in [6, 6.07) is -0.933. The smallest absolute Gasteiger partial charge is 0.220 e. The van der Waals surface area contributed by atoms with Gasteiger partial charge in [-0.3, -0.25) is 4.79 Å². The van der Waals surface area contributed by atoms with Gasteiger partial charge in [-0.2, -0.15) is 0 Å². The van der Waals surface area contributed by atoms with Crippen LogP contribution in [0.3, 0.4) is 0 Å². The van der Waals surface area contributed by atoms with E-state index in [1.54, 1.807) is 6.08 Å². The zero-order valence-corrected chi connectivity index (χ0v) is 41.4. The molecule has 0 bridgehead atoms. The summed E-state index contributed by atoms with van der Waals surface area (Å²) in [5, 5.41) is 86.7. The Labute approximate surface area is 403 Å². The van der Waals surface area contributed by atoms with E-state index in [1.807, 2.05) is 6.08 Å². The number of rotatable bonds is 40. The van der Waals surface area contributed by atoms with Crippen molar-refractivity contribution in [1.29, 1.82) is 0 Å². The molecule has 2 saturated heterocycles. The maximum Gasteiger partial charge on any atom is 0.220 e. The van der Waals surface area contributed by atoms with E-state index >= 15 is 0 Å². The number of aliphatic hydroxyl groups excluding tert-OH is 8. The quantitative estimate of drug-likeness (QED) is 0.0218. The lowest BCUT2D eigenvalue weighted by Gasteiger charge is -2.46. The summed E-state index contributed by atoms with van der Waals surface area (Å²) < 4.78 is 22.7. The summed E-state index contributed by atoms with van der Waals surface area (Å²) in [4.78, 5) is 13.2. The average Bonchev–Trinajstić information content (AvgIpc) is 3.32. The van der Waals surface area contributed by atoms with Crippen LogP contribution in [-0.4, -0.2) is 140 Å². The first-order valence-corrected chi connectivity index (χ1v) is 26.4. The lowest BCUT2D eigenvalue weighted by molar-refractivity contribution is -0.359. The largest absolute Gasteiger partial charge is 0.394 e. The molecule has 1 amide bonds. The van der Waals surface area contributed by atoms with Gasteiger partial charge in [0.25, 0.3) is 0 Å². The van der Waals surface area contributed by atoms with Crippen LogP contribution in [-0.2, 0) is 23.7 Å². The molecule has 0 spiro atoms. The number of allylic oxidation sites excluding steroid dienone is 7. The Kier molecular flexibility index (Phi) is 36.1. The molecule has 67 heavy (non-hydrogen) atoms. The molecule has 0 aromatic rings. The van der Waals surface area contributed by atoms with Crippen molar-refractivity contribution in [2.45, 2.75) is 261 Å². The van der Waals surface area contributed by atoms with Crippen molar-refractivity contribution in [2.24, 2.45) is 0 Å². The first-order valence-electron chi connectivity index (χ1n) is 26.4. The Balaban J connectivity index is 1.81. The van der Waals surface area contributed by atoms with Crippen molar-refractivity contribution in [1.82, 2.24) is 5.32 Å². The third-order valence-electron chi connectivity index (χ3n) is 12.7. The summed E-state index contributed by atoms with van der Waals surface area (Å²) in [7, 11) is 0. The fourth-order valence-corrected chi connectivity index (χ4v) is 8.39. The fraction of sp³-hybridized carbons (Fsp3) is 0.830. The monoisotopic (exact) mass is 954 g/mol. The molecule has 0 aromatic heterocycles. The molecule has 2 fully saturated rings. The number of amides is 1. The van der Waals surface area contributed by atoms with Crippen LogP contribution in [0.25, 0.3) is 0 Å². The van der Waals surface area contributed by atoms with Crippen LogP contribution in [0.1, 0.15) is 187 Å². The topological polar surface area (TPSA) is 228 Å². The van der Waals surface area contributed by atoms with Gasteiger partial charge in [-0.15, -0.1) is 0 Å². The maximum absolute atomic E-state index is 13.2. The minimum absolute atomic E-state index is 0.257. The van der Waals surface area contributed by atoms with Crippen molar-refractivity contribution < 1.29 is 64.6 Å². The molecule has 2 aliphatic rings. The second kappa shape index (κ2) is 39.6. The Morgan fingerprint density at radius 1 is 0.537 bits per heavy atom. The van der Waals surface area contributed by atoms with Gasteiger partial charge in [0.1, 0.15) is 48.8 Å². The molecular formula is C53H95NO13. The zero-order chi connectivity index (χ0) is 48.9. The maximum atomic E-state index is 13.2. The van der Waals surface area contributed by atoms with Gasteiger partial charge in [0.15, 0.2) is 12.6 Å². The molecule has 390 valence electrons. The van der Waals surface area contributed by atoms with E-state index in [0.29, 0.717) is 12.8 Å². The second-order valence-corrected chi connectivity index (χ2v) is 18.6. The lowest BCUT2D eigenvalue weighted by Crippen LogP contribution is -2.65. The van der Waals surface area contributed by atoms with Crippen molar-refractivity contribution in [3.8, 4) is 0 Å². The van der Waals surface area contributed by atoms with Gasteiger partial charge >= 0.3 is 0 Å². The summed E-state index contributed by atoms with van der Waals surface area (Å²) >= 11 is 0. The molecule has 0 radical (unpaired) electrons. The van der Waals surface area contributed by atoms with Crippen LogP contribution in [0.15, 0.2) is 48.6 Å². The van der Waals surface area contributed by atoms with Crippen LogP contribution in [0.5, 0.6) is 0 Å². The van der Waals surface area contributed by atoms with E-state index in [-0.39, 0.29) is 18.9 Å². The molecule has 0 saturated carbocycles. The lowest BCUT2D eigenvalue weighted by atomic mass is 9.97. The number of nitrogens with one attached hydrogen (secondary N) is 1. The van der Waals surface area contributed by atoms with Crippen molar-refractivity contribution in [3.05, 3.63) is 48.6 Å². The normalized spacial score (nSPS) is 27.0. The molecule has 2 aliphatic heterocycles. The van der Waals surface area contributed by atoms with Gasteiger partial charge in [-0.25, -0.2) is 0 Å². The predicted molar refractivity (Wildman–Crippen MR) is 263 cm³/mol. The van der Waals surface area contributed by atoms with Gasteiger partial charge in [0.2, 0.25) is 5.91 Å². The molecule has 14 heteroatoms. The molecule has 0 aliphatic carbocycles. The minimum Gasteiger partial charge on any atom is -0.394 e. The van der Waals surface area contributed by atoms with Crippen molar-refractivity contribution >= 4 is 5.91 Å². The third kappa shape index (κ3) is 26.7. The minimum atomic E-state index is -1.79. The first kappa shape index (κ1) is 61.1. The Morgan fingerprint density at radius 3 is 1.55 bits per heavy atom. The highest BCUT2D eigenvalue weighted by atomic mass is 16.7.